The molecule has 5 nitrogen and oxygen atoms in total. The maximum absolute atomic E-state index is 11.6. The summed E-state index contributed by atoms with van der Waals surface area (Å²) >= 11 is 2.76. The molecule has 0 bridgehead atoms. The van der Waals surface area contributed by atoms with Crippen molar-refractivity contribution in [2.45, 2.75) is 19.1 Å². The predicted octanol–water partition coefficient (Wildman–Crippen LogP) is 0.940. The van der Waals surface area contributed by atoms with Crippen molar-refractivity contribution in [3.63, 3.8) is 0 Å². The number of thioether (sulfide) groups is 2. The zero-order valence-corrected chi connectivity index (χ0v) is 12.8. The van der Waals surface area contributed by atoms with Crippen molar-refractivity contribution in [2.75, 3.05) is 37.1 Å². The number of cyclic esters (lactones) is 2. The Labute approximate surface area is 121 Å². The van der Waals surface area contributed by atoms with E-state index in [9.17, 15) is 14.7 Å². The first-order valence-electron chi connectivity index (χ1n) is 6.04. The van der Waals surface area contributed by atoms with Crippen molar-refractivity contribution in [2.24, 2.45) is 5.41 Å². The van der Waals surface area contributed by atoms with Crippen LogP contribution in [0.4, 0.5) is 0 Å². The SMILES string of the molecule is CC1(C)COC(=O)CSCC(CO)SCC(=O)OC1. The molecule has 1 aliphatic rings. The summed E-state index contributed by atoms with van der Waals surface area (Å²) in [4.78, 5) is 23.1. The van der Waals surface area contributed by atoms with Crippen LogP contribution in [0.2, 0.25) is 0 Å². The molecule has 1 unspecified atom stereocenters. The molecule has 1 saturated heterocycles. The van der Waals surface area contributed by atoms with E-state index in [4.69, 9.17) is 9.47 Å². The van der Waals surface area contributed by atoms with Gasteiger partial charge in [-0.15, -0.1) is 23.5 Å². The second-order valence-electron chi connectivity index (χ2n) is 5.12. The molecule has 1 N–H and O–H groups in total. The van der Waals surface area contributed by atoms with E-state index in [2.05, 4.69) is 0 Å². The summed E-state index contributed by atoms with van der Waals surface area (Å²) in [6, 6.07) is 0. The van der Waals surface area contributed by atoms with Crippen molar-refractivity contribution in [1.82, 2.24) is 0 Å². The van der Waals surface area contributed by atoms with Crippen LogP contribution in [0.5, 0.6) is 0 Å². The highest BCUT2D eigenvalue weighted by molar-refractivity contribution is 8.04. The van der Waals surface area contributed by atoms with Crippen molar-refractivity contribution in [3.05, 3.63) is 0 Å². The summed E-state index contributed by atoms with van der Waals surface area (Å²) < 4.78 is 10.3. The number of esters is 2. The lowest BCUT2D eigenvalue weighted by molar-refractivity contribution is -0.149. The van der Waals surface area contributed by atoms with Gasteiger partial charge in [0.25, 0.3) is 0 Å². The van der Waals surface area contributed by atoms with Crippen LogP contribution in [0, 0.1) is 5.41 Å². The molecule has 0 aromatic heterocycles. The van der Waals surface area contributed by atoms with Crippen LogP contribution in [-0.4, -0.2) is 59.4 Å². The number of rotatable bonds is 1. The molecule has 0 spiro atoms. The summed E-state index contributed by atoms with van der Waals surface area (Å²) in [5, 5.41) is 9.11. The fraction of sp³-hybridized carbons (Fsp3) is 0.833. The first-order valence-corrected chi connectivity index (χ1v) is 8.25. The normalized spacial score (nSPS) is 26.4. The van der Waals surface area contributed by atoms with E-state index in [0.717, 1.165) is 0 Å². The Bertz CT molecular complexity index is 319. The van der Waals surface area contributed by atoms with Crippen LogP contribution in [0.15, 0.2) is 0 Å². The molecule has 1 rings (SSSR count). The molecule has 0 radical (unpaired) electrons. The standard InChI is InChI=1S/C12H20O5S2/c1-12(2)7-16-10(14)5-18-4-9(3-13)19-6-11(15)17-8-12/h9,13H,3-8H2,1-2H3. The van der Waals surface area contributed by atoms with Crippen LogP contribution < -0.4 is 0 Å². The maximum Gasteiger partial charge on any atom is 0.315 e. The van der Waals surface area contributed by atoms with Gasteiger partial charge in [0.1, 0.15) is 0 Å². The molecule has 0 saturated carbocycles. The molecule has 1 fully saturated rings. The highest BCUT2D eigenvalue weighted by atomic mass is 32.2. The summed E-state index contributed by atoms with van der Waals surface area (Å²) in [6.07, 6.45) is 0. The lowest BCUT2D eigenvalue weighted by atomic mass is 9.96. The zero-order chi connectivity index (χ0) is 14.3. The van der Waals surface area contributed by atoms with E-state index >= 15 is 0 Å². The molecule has 0 amide bonds. The van der Waals surface area contributed by atoms with Crippen molar-refractivity contribution in [3.8, 4) is 0 Å². The molecule has 1 aliphatic heterocycles. The smallest absolute Gasteiger partial charge is 0.315 e. The molecule has 0 aromatic rings. The number of carbonyl (C=O) groups is 2. The number of carbonyl (C=O) groups excluding carboxylic acids is 2. The number of ether oxygens (including phenoxy) is 2. The Balaban J connectivity index is 2.59. The fourth-order valence-electron chi connectivity index (χ4n) is 1.29. The van der Waals surface area contributed by atoms with Gasteiger partial charge in [0.2, 0.25) is 0 Å². The summed E-state index contributed by atoms with van der Waals surface area (Å²) in [5.74, 6) is 0.517. The molecule has 110 valence electrons. The Kier molecular flexibility index (Phi) is 7.02. The largest absolute Gasteiger partial charge is 0.464 e. The first kappa shape index (κ1) is 16.7. The van der Waals surface area contributed by atoms with E-state index in [1.54, 1.807) is 0 Å². The van der Waals surface area contributed by atoms with Gasteiger partial charge < -0.3 is 14.6 Å². The summed E-state index contributed by atoms with van der Waals surface area (Å²) in [7, 11) is 0. The van der Waals surface area contributed by atoms with Crippen LogP contribution in [-0.2, 0) is 19.1 Å². The van der Waals surface area contributed by atoms with E-state index in [0.29, 0.717) is 5.75 Å². The van der Waals surface area contributed by atoms with Gasteiger partial charge in [-0.2, -0.15) is 0 Å². The lowest BCUT2D eigenvalue weighted by Crippen LogP contribution is -2.29. The average Bonchev–Trinajstić information content (AvgIpc) is 2.38. The highest BCUT2D eigenvalue weighted by Crippen LogP contribution is 2.20. The zero-order valence-electron chi connectivity index (χ0n) is 11.2. The minimum absolute atomic E-state index is 0.0223. The predicted molar refractivity (Wildman–Crippen MR) is 76.4 cm³/mol. The third kappa shape index (κ3) is 7.08. The van der Waals surface area contributed by atoms with Gasteiger partial charge in [0.05, 0.1) is 31.3 Å². The minimum atomic E-state index is -0.384. The quantitative estimate of drug-likeness (QED) is 0.723. The third-order valence-electron chi connectivity index (χ3n) is 2.41. The number of hydrogen-bond acceptors (Lipinski definition) is 7. The van der Waals surface area contributed by atoms with Crippen molar-refractivity contribution >= 4 is 35.5 Å². The Morgan fingerprint density at radius 1 is 1.21 bits per heavy atom. The van der Waals surface area contributed by atoms with Gasteiger partial charge in [0, 0.05) is 16.4 Å². The van der Waals surface area contributed by atoms with Crippen LogP contribution >= 0.6 is 23.5 Å². The van der Waals surface area contributed by atoms with Crippen molar-refractivity contribution in [1.29, 1.82) is 0 Å². The Hall–Kier alpha value is -0.400. The summed E-state index contributed by atoms with van der Waals surface area (Å²) in [6.45, 7) is 4.19. The minimum Gasteiger partial charge on any atom is -0.464 e. The van der Waals surface area contributed by atoms with E-state index in [-0.39, 0.29) is 53.9 Å². The van der Waals surface area contributed by atoms with Crippen LogP contribution in [0.1, 0.15) is 13.8 Å². The van der Waals surface area contributed by atoms with Gasteiger partial charge in [-0.3, -0.25) is 9.59 Å². The third-order valence-corrected chi connectivity index (χ3v) is 4.89. The molecule has 7 heteroatoms. The first-order chi connectivity index (χ1) is 8.93. The maximum atomic E-state index is 11.6. The Morgan fingerprint density at radius 3 is 2.37 bits per heavy atom. The van der Waals surface area contributed by atoms with E-state index < -0.39 is 0 Å². The molecular formula is C12H20O5S2. The molecule has 1 atom stereocenters. The molecular weight excluding hydrogens is 288 g/mol. The lowest BCUT2D eigenvalue weighted by Gasteiger charge is -2.23. The average molecular weight is 308 g/mol. The number of aliphatic hydroxyl groups excluding tert-OH is 1. The molecule has 1 heterocycles. The monoisotopic (exact) mass is 308 g/mol. The van der Waals surface area contributed by atoms with Gasteiger partial charge in [0.15, 0.2) is 0 Å². The number of hydrogen-bond donors (Lipinski definition) is 1. The van der Waals surface area contributed by atoms with Gasteiger partial charge in [-0.1, -0.05) is 13.8 Å². The van der Waals surface area contributed by atoms with Gasteiger partial charge in [-0.05, 0) is 0 Å². The number of aliphatic hydroxyl groups is 1. The second kappa shape index (κ2) is 8.01. The molecule has 0 aliphatic carbocycles. The topological polar surface area (TPSA) is 72.8 Å². The summed E-state index contributed by atoms with van der Waals surface area (Å²) in [5.41, 5.74) is -0.384. The van der Waals surface area contributed by atoms with Crippen LogP contribution in [0.25, 0.3) is 0 Å². The van der Waals surface area contributed by atoms with Gasteiger partial charge in [-0.25, -0.2) is 0 Å². The van der Waals surface area contributed by atoms with Gasteiger partial charge >= 0.3 is 11.9 Å². The molecule has 0 aromatic carbocycles. The fourth-order valence-corrected chi connectivity index (χ4v) is 3.26. The molecule has 19 heavy (non-hydrogen) atoms. The Morgan fingerprint density at radius 2 is 1.79 bits per heavy atom. The van der Waals surface area contributed by atoms with Crippen LogP contribution in [0.3, 0.4) is 0 Å². The van der Waals surface area contributed by atoms with Crippen molar-refractivity contribution < 1.29 is 24.2 Å². The highest BCUT2D eigenvalue weighted by Gasteiger charge is 2.24. The van der Waals surface area contributed by atoms with E-state index in [1.807, 2.05) is 13.8 Å². The second-order valence-corrected chi connectivity index (χ2v) is 7.44. The van der Waals surface area contributed by atoms with E-state index in [1.165, 1.54) is 23.5 Å².